The van der Waals surface area contributed by atoms with Crippen molar-refractivity contribution < 1.29 is 4.74 Å². The zero-order valence-electron chi connectivity index (χ0n) is 8.32. The van der Waals surface area contributed by atoms with E-state index in [2.05, 4.69) is 6.58 Å². The van der Waals surface area contributed by atoms with Gasteiger partial charge in [0.2, 0.25) is 0 Å². The molecule has 0 aliphatic rings. The van der Waals surface area contributed by atoms with Crippen LogP contribution in [0.25, 0.3) is 11.0 Å². The van der Waals surface area contributed by atoms with Crippen LogP contribution in [-0.2, 0) is 0 Å². The summed E-state index contributed by atoms with van der Waals surface area (Å²) >= 11 is 0. The molecule has 0 amide bonds. The van der Waals surface area contributed by atoms with E-state index < -0.39 is 0 Å². The van der Waals surface area contributed by atoms with Crippen molar-refractivity contribution in [1.29, 1.82) is 5.26 Å². The lowest BCUT2D eigenvalue weighted by Crippen LogP contribution is -1.88. The molecule has 1 aromatic carbocycles. The minimum Gasteiger partial charge on any atom is -0.762 e. The molecule has 0 aliphatic heterocycles. The summed E-state index contributed by atoms with van der Waals surface area (Å²) in [6.07, 6.45) is 0. The minimum atomic E-state index is 0.0279. The van der Waals surface area contributed by atoms with E-state index in [1.807, 2.05) is 0 Å². The van der Waals surface area contributed by atoms with Crippen molar-refractivity contribution in [3.8, 4) is 11.8 Å². The number of methoxy groups -OCH3 is 1. The standard InChI is InChI=1S/C12H9N2O/c1-9(11(7-13)8-14)10-3-5-12(15-2)6-4-10/h3-6H,1H2,2H3/q-1. The first-order valence-corrected chi connectivity index (χ1v) is 4.23. The van der Waals surface area contributed by atoms with Crippen LogP contribution in [0.1, 0.15) is 5.56 Å². The molecule has 3 heteroatoms. The summed E-state index contributed by atoms with van der Waals surface area (Å²) in [6, 6.07) is 8.84. The van der Waals surface area contributed by atoms with Gasteiger partial charge in [0.15, 0.2) is 0 Å². The van der Waals surface area contributed by atoms with Gasteiger partial charge in [-0.05, 0) is 23.3 Å². The Hall–Kier alpha value is -2.30. The lowest BCUT2D eigenvalue weighted by Gasteiger charge is -2.05. The number of hydrogen-bond acceptors (Lipinski definition) is 2. The highest BCUT2D eigenvalue weighted by molar-refractivity contribution is 5.92. The number of nitrogens with zero attached hydrogens (tertiary/aromatic N) is 2. The first-order chi connectivity index (χ1) is 7.22. The van der Waals surface area contributed by atoms with E-state index in [1.165, 1.54) is 0 Å². The molecule has 3 nitrogen and oxygen atoms in total. The second-order valence-electron chi connectivity index (χ2n) is 2.81. The van der Waals surface area contributed by atoms with Gasteiger partial charge in [-0.15, -0.1) is 0 Å². The predicted octanol–water partition coefficient (Wildman–Crippen LogP) is 2.40. The smallest absolute Gasteiger partial charge is 0.118 e. The van der Waals surface area contributed by atoms with Gasteiger partial charge in [-0.25, -0.2) is 5.87 Å². The molecule has 0 saturated heterocycles. The van der Waals surface area contributed by atoms with Crippen LogP contribution >= 0.6 is 0 Å². The van der Waals surface area contributed by atoms with Crippen LogP contribution in [0.5, 0.6) is 5.75 Å². The van der Waals surface area contributed by atoms with E-state index in [4.69, 9.17) is 15.4 Å². The molecule has 74 valence electrons. The van der Waals surface area contributed by atoms with Crippen molar-refractivity contribution in [2.75, 3.05) is 7.11 Å². The maximum atomic E-state index is 8.66. The highest BCUT2D eigenvalue weighted by Gasteiger charge is 2.02. The van der Waals surface area contributed by atoms with Crippen LogP contribution in [0, 0.1) is 11.3 Å². The summed E-state index contributed by atoms with van der Waals surface area (Å²) in [5, 5.41) is 17.3. The maximum Gasteiger partial charge on any atom is 0.118 e. The van der Waals surface area contributed by atoms with Gasteiger partial charge in [-0.3, -0.25) is 0 Å². The number of allylic oxidation sites excluding steroid dienone is 2. The van der Waals surface area contributed by atoms with Crippen LogP contribution in [0.15, 0.2) is 36.4 Å². The van der Waals surface area contributed by atoms with Gasteiger partial charge in [0.1, 0.15) is 11.8 Å². The van der Waals surface area contributed by atoms with E-state index in [0.29, 0.717) is 5.57 Å². The van der Waals surface area contributed by atoms with Crippen molar-refractivity contribution in [2.45, 2.75) is 0 Å². The Morgan fingerprint density at radius 1 is 1.40 bits per heavy atom. The first kappa shape index (κ1) is 10.8. The van der Waals surface area contributed by atoms with Crippen LogP contribution in [-0.4, -0.2) is 13.0 Å². The minimum absolute atomic E-state index is 0.0279. The first-order valence-electron chi connectivity index (χ1n) is 4.23. The van der Waals surface area contributed by atoms with E-state index in [-0.39, 0.29) is 5.57 Å². The second-order valence-corrected chi connectivity index (χ2v) is 2.81. The summed E-state index contributed by atoms with van der Waals surface area (Å²) in [7, 11) is 1.58. The number of rotatable bonds is 3. The van der Waals surface area contributed by atoms with Gasteiger partial charge in [-0.2, -0.15) is 5.26 Å². The third-order valence-electron chi connectivity index (χ3n) is 1.96. The fourth-order valence-electron chi connectivity index (χ4n) is 1.10. The molecule has 1 aromatic rings. The SMILES string of the molecule is C=C(C(=C=[N-])C#N)c1ccc(OC)cc1. The number of benzene rings is 1. The summed E-state index contributed by atoms with van der Waals surface area (Å²) in [5.41, 5.74) is 1.21. The van der Waals surface area contributed by atoms with Gasteiger partial charge in [-0.1, -0.05) is 18.7 Å². The number of nitriles is 1. The average molecular weight is 197 g/mol. The van der Waals surface area contributed by atoms with Crippen LogP contribution < -0.4 is 4.74 Å². The summed E-state index contributed by atoms with van der Waals surface area (Å²) in [6.45, 7) is 3.70. The fourth-order valence-corrected chi connectivity index (χ4v) is 1.10. The molecule has 0 radical (unpaired) electrons. The molecule has 0 bridgehead atoms. The quantitative estimate of drug-likeness (QED) is 0.424. The van der Waals surface area contributed by atoms with Gasteiger partial charge < -0.3 is 10.1 Å². The molecular formula is C12H9N2O-. The van der Waals surface area contributed by atoms with Crippen molar-refractivity contribution >= 4 is 11.4 Å². The largest absolute Gasteiger partial charge is 0.762 e. The Bertz CT molecular complexity index is 459. The molecule has 1 rings (SSSR count). The Morgan fingerprint density at radius 3 is 2.40 bits per heavy atom. The molecule has 15 heavy (non-hydrogen) atoms. The van der Waals surface area contributed by atoms with Crippen molar-refractivity contribution in [1.82, 2.24) is 0 Å². The average Bonchev–Trinajstić information content (AvgIpc) is 2.30. The van der Waals surface area contributed by atoms with Crippen LogP contribution in [0.3, 0.4) is 0 Å². The third-order valence-corrected chi connectivity index (χ3v) is 1.96. The summed E-state index contributed by atoms with van der Waals surface area (Å²) < 4.78 is 5.00. The lowest BCUT2D eigenvalue weighted by atomic mass is 10.0. The molecule has 0 N–H and O–H groups in total. The molecule has 0 aromatic heterocycles. The normalized spacial score (nSPS) is 8.53. The van der Waals surface area contributed by atoms with E-state index >= 15 is 0 Å². The molecule has 0 spiro atoms. The summed E-state index contributed by atoms with van der Waals surface area (Å²) in [5.74, 6) is 2.53. The molecule has 0 fully saturated rings. The highest BCUT2D eigenvalue weighted by Crippen LogP contribution is 2.21. The molecular weight excluding hydrogens is 188 g/mol. The van der Waals surface area contributed by atoms with Crippen LogP contribution in [0.4, 0.5) is 0 Å². The Kier molecular flexibility index (Phi) is 3.45. The Balaban J connectivity index is 3.04. The van der Waals surface area contributed by atoms with Gasteiger partial charge in [0, 0.05) is 0 Å². The Labute approximate surface area is 88.4 Å². The van der Waals surface area contributed by atoms with Crippen molar-refractivity contribution in [2.24, 2.45) is 0 Å². The second kappa shape index (κ2) is 4.80. The third kappa shape index (κ3) is 2.34. The van der Waals surface area contributed by atoms with Gasteiger partial charge in [0.05, 0.1) is 12.7 Å². The molecule has 0 unspecified atom stereocenters. The molecule has 0 atom stereocenters. The van der Waals surface area contributed by atoms with Gasteiger partial charge >= 0.3 is 0 Å². The zero-order valence-corrected chi connectivity index (χ0v) is 8.32. The highest BCUT2D eigenvalue weighted by atomic mass is 16.5. The lowest BCUT2D eigenvalue weighted by molar-refractivity contribution is 0.415. The van der Waals surface area contributed by atoms with E-state index in [1.54, 1.807) is 43.3 Å². The van der Waals surface area contributed by atoms with Gasteiger partial charge in [0.25, 0.3) is 0 Å². The van der Waals surface area contributed by atoms with E-state index in [9.17, 15) is 0 Å². The van der Waals surface area contributed by atoms with E-state index in [0.717, 1.165) is 11.3 Å². The summed E-state index contributed by atoms with van der Waals surface area (Å²) in [4.78, 5) is 0. The monoisotopic (exact) mass is 197 g/mol. The molecule has 0 heterocycles. The topological polar surface area (TPSA) is 55.3 Å². The molecule has 0 aliphatic carbocycles. The Morgan fingerprint density at radius 2 is 2.00 bits per heavy atom. The zero-order chi connectivity index (χ0) is 11.3. The molecule has 0 saturated carbocycles. The number of hydrogen-bond donors (Lipinski definition) is 0. The predicted molar refractivity (Wildman–Crippen MR) is 59.5 cm³/mol. The fraction of sp³-hybridized carbons (Fsp3) is 0.0833. The van der Waals surface area contributed by atoms with Crippen LogP contribution in [0.2, 0.25) is 0 Å². The maximum absolute atomic E-state index is 8.66. The van der Waals surface area contributed by atoms with Crippen molar-refractivity contribution in [3.05, 3.63) is 47.4 Å². The van der Waals surface area contributed by atoms with Crippen molar-refractivity contribution in [3.63, 3.8) is 0 Å². The number of ether oxygens (including phenoxy) is 1.